The second-order valence-corrected chi connectivity index (χ2v) is 5.39. The lowest BCUT2D eigenvalue weighted by molar-refractivity contribution is 0.0940. The van der Waals surface area contributed by atoms with E-state index in [-0.39, 0.29) is 23.1 Å². The molecular formula is C17H13ClN2O2. The lowest BCUT2D eigenvalue weighted by Crippen LogP contribution is -2.15. The first-order valence-electron chi connectivity index (χ1n) is 6.69. The molecule has 0 radical (unpaired) electrons. The minimum absolute atomic E-state index is 0.0641. The molecule has 0 amide bonds. The van der Waals surface area contributed by atoms with Crippen LogP contribution in [0.3, 0.4) is 0 Å². The van der Waals surface area contributed by atoms with Gasteiger partial charge in [0.05, 0.1) is 11.2 Å². The number of rotatable bonds is 2. The molecule has 0 saturated carbocycles. The van der Waals surface area contributed by atoms with Gasteiger partial charge in [0.1, 0.15) is 5.69 Å². The highest BCUT2D eigenvalue weighted by molar-refractivity contribution is 6.30. The smallest absolute Gasteiger partial charge is 0.228 e. The van der Waals surface area contributed by atoms with Gasteiger partial charge in [0.25, 0.3) is 0 Å². The molecule has 2 aromatic carbocycles. The van der Waals surface area contributed by atoms with Crippen LogP contribution in [0.4, 0.5) is 0 Å². The van der Waals surface area contributed by atoms with Crippen LogP contribution in [0.15, 0.2) is 48.5 Å². The van der Waals surface area contributed by atoms with Crippen LogP contribution >= 0.6 is 11.6 Å². The van der Waals surface area contributed by atoms with Crippen LogP contribution in [0.1, 0.15) is 23.0 Å². The molecule has 0 unspecified atom stereocenters. The Hall–Kier alpha value is -2.59. The molecule has 0 aliphatic rings. The second kappa shape index (κ2) is 5.31. The molecule has 5 heteroatoms. The molecule has 2 N–H and O–H groups in total. The summed E-state index contributed by atoms with van der Waals surface area (Å²) < 4.78 is 1.36. The number of fused-ring (bicyclic) bond motifs is 1. The first-order chi connectivity index (χ1) is 10.5. The van der Waals surface area contributed by atoms with Gasteiger partial charge in [-0.25, -0.2) is 0 Å². The molecule has 0 saturated heterocycles. The van der Waals surface area contributed by atoms with Crippen molar-refractivity contribution in [3.8, 4) is 5.75 Å². The third-order valence-corrected chi connectivity index (χ3v) is 3.78. The van der Waals surface area contributed by atoms with Crippen molar-refractivity contribution < 1.29 is 9.90 Å². The van der Waals surface area contributed by atoms with E-state index in [0.29, 0.717) is 21.5 Å². The number of nitrogens with zero attached hydrogens (tertiary/aromatic N) is 1. The fraction of sp³-hybridized carbons (Fsp3) is 0.0588. The van der Waals surface area contributed by atoms with Crippen LogP contribution in [0, 0.1) is 5.41 Å². The Labute approximate surface area is 132 Å². The van der Waals surface area contributed by atoms with Gasteiger partial charge in [-0.3, -0.25) is 14.8 Å². The van der Waals surface area contributed by atoms with Crippen molar-refractivity contribution in [2.24, 2.45) is 0 Å². The van der Waals surface area contributed by atoms with Crippen molar-refractivity contribution in [2.75, 3.05) is 0 Å². The molecule has 0 aliphatic heterocycles. The average Bonchev–Trinajstić information content (AvgIpc) is 2.81. The molecule has 22 heavy (non-hydrogen) atoms. The minimum atomic E-state index is -0.259. The van der Waals surface area contributed by atoms with Gasteiger partial charge in [0.2, 0.25) is 5.91 Å². The maximum absolute atomic E-state index is 12.0. The lowest BCUT2D eigenvalue weighted by Gasteiger charge is -2.09. The zero-order valence-corrected chi connectivity index (χ0v) is 12.6. The highest BCUT2D eigenvalue weighted by atomic mass is 35.5. The summed E-state index contributed by atoms with van der Waals surface area (Å²) in [6.45, 7) is 1.41. The molecular weight excluding hydrogens is 300 g/mol. The maximum atomic E-state index is 12.0. The van der Waals surface area contributed by atoms with Gasteiger partial charge in [0, 0.05) is 22.9 Å². The topological polar surface area (TPSA) is 66.1 Å². The number of hydrogen-bond donors (Lipinski definition) is 2. The Morgan fingerprint density at radius 3 is 2.41 bits per heavy atom. The van der Waals surface area contributed by atoms with E-state index < -0.39 is 0 Å². The third kappa shape index (κ3) is 2.18. The van der Waals surface area contributed by atoms with Crippen LogP contribution < -0.4 is 0 Å². The number of nitrogens with one attached hydrogen (secondary N) is 1. The number of aromatic hydroxyl groups is 1. The molecule has 4 nitrogen and oxygen atoms in total. The van der Waals surface area contributed by atoms with Crippen LogP contribution in [0.25, 0.3) is 10.9 Å². The van der Waals surface area contributed by atoms with Crippen molar-refractivity contribution in [3.05, 3.63) is 64.8 Å². The quantitative estimate of drug-likeness (QED) is 0.700. The van der Waals surface area contributed by atoms with Gasteiger partial charge >= 0.3 is 0 Å². The van der Waals surface area contributed by atoms with Crippen molar-refractivity contribution in [2.45, 2.75) is 6.92 Å². The predicted octanol–water partition coefficient (Wildman–Crippen LogP) is 4.08. The van der Waals surface area contributed by atoms with E-state index in [9.17, 15) is 9.90 Å². The monoisotopic (exact) mass is 312 g/mol. The summed E-state index contributed by atoms with van der Waals surface area (Å²) in [5.41, 5.74) is 1.42. The molecule has 1 aromatic heterocycles. The highest BCUT2D eigenvalue weighted by Crippen LogP contribution is 2.33. The van der Waals surface area contributed by atoms with Crippen LogP contribution in [0.5, 0.6) is 5.75 Å². The summed E-state index contributed by atoms with van der Waals surface area (Å²) in [5, 5.41) is 19.9. The SMILES string of the molecule is CC(=O)n1c(C(=N)c2ccc(Cl)cc2)c(O)c2ccccc21. The first-order valence-corrected chi connectivity index (χ1v) is 7.06. The van der Waals surface area contributed by atoms with Crippen molar-refractivity contribution in [1.82, 2.24) is 4.57 Å². The van der Waals surface area contributed by atoms with E-state index in [1.54, 1.807) is 48.5 Å². The Kier molecular flexibility index (Phi) is 3.47. The molecule has 0 aliphatic carbocycles. The van der Waals surface area contributed by atoms with E-state index in [4.69, 9.17) is 17.0 Å². The van der Waals surface area contributed by atoms with E-state index in [2.05, 4.69) is 0 Å². The Morgan fingerprint density at radius 1 is 1.14 bits per heavy atom. The molecule has 0 fully saturated rings. The Balaban J connectivity index is 2.28. The number of halogens is 1. The van der Waals surface area contributed by atoms with Crippen LogP contribution in [-0.4, -0.2) is 21.3 Å². The van der Waals surface area contributed by atoms with Crippen LogP contribution in [-0.2, 0) is 0 Å². The summed E-state index contributed by atoms with van der Waals surface area (Å²) >= 11 is 5.86. The van der Waals surface area contributed by atoms with E-state index in [1.807, 2.05) is 0 Å². The molecule has 110 valence electrons. The molecule has 0 bridgehead atoms. The van der Waals surface area contributed by atoms with Crippen LogP contribution in [0.2, 0.25) is 5.02 Å². The maximum Gasteiger partial charge on any atom is 0.228 e. The number of hydrogen-bond acceptors (Lipinski definition) is 3. The Bertz CT molecular complexity index is 895. The summed E-state index contributed by atoms with van der Waals surface area (Å²) in [6.07, 6.45) is 0. The molecule has 3 aromatic rings. The van der Waals surface area contributed by atoms with E-state index in [0.717, 1.165) is 0 Å². The number of aromatic nitrogens is 1. The van der Waals surface area contributed by atoms with Gasteiger partial charge in [0.15, 0.2) is 5.75 Å². The fourth-order valence-electron chi connectivity index (χ4n) is 2.53. The minimum Gasteiger partial charge on any atom is -0.505 e. The zero-order valence-electron chi connectivity index (χ0n) is 11.8. The van der Waals surface area contributed by atoms with Gasteiger partial charge < -0.3 is 5.11 Å². The second-order valence-electron chi connectivity index (χ2n) is 4.95. The number of benzene rings is 2. The van der Waals surface area contributed by atoms with Gasteiger partial charge in [-0.1, -0.05) is 35.9 Å². The molecule has 0 spiro atoms. The van der Waals surface area contributed by atoms with E-state index in [1.165, 1.54) is 11.5 Å². The van der Waals surface area contributed by atoms with Gasteiger partial charge in [-0.15, -0.1) is 0 Å². The largest absolute Gasteiger partial charge is 0.505 e. The summed E-state index contributed by atoms with van der Waals surface area (Å²) in [6, 6.07) is 13.8. The van der Waals surface area contributed by atoms with Crippen molar-refractivity contribution in [3.63, 3.8) is 0 Å². The zero-order chi connectivity index (χ0) is 15.9. The van der Waals surface area contributed by atoms with Crippen molar-refractivity contribution in [1.29, 1.82) is 5.41 Å². The normalized spacial score (nSPS) is 10.8. The standard InChI is InChI=1S/C17H13ClN2O2/c1-10(21)20-14-5-3-2-4-13(14)17(22)16(20)15(19)11-6-8-12(18)9-7-11/h2-9,19,22H,1H3. The van der Waals surface area contributed by atoms with Crippen molar-refractivity contribution >= 4 is 34.1 Å². The predicted molar refractivity (Wildman–Crippen MR) is 87.3 cm³/mol. The lowest BCUT2D eigenvalue weighted by atomic mass is 10.1. The first kappa shape index (κ1) is 14.4. The molecule has 3 rings (SSSR count). The van der Waals surface area contributed by atoms with E-state index >= 15 is 0 Å². The fourth-order valence-corrected chi connectivity index (χ4v) is 2.66. The number of carbonyl (C=O) groups excluding carboxylic acids is 1. The molecule has 1 heterocycles. The highest BCUT2D eigenvalue weighted by Gasteiger charge is 2.22. The summed E-state index contributed by atoms with van der Waals surface area (Å²) in [7, 11) is 0. The summed E-state index contributed by atoms with van der Waals surface area (Å²) in [5.74, 6) is -0.323. The average molecular weight is 313 g/mol. The van der Waals surface area contributed by atoms with Gasteiger partial charge in [-0.2, -0.15) is 0 Å². The molecule has 0 atom stereocenters. The number of carbonyl (C=O) groups is 1. The number of para-hydroxylation sites is 1. The summed E-state index contributed by atoms with van der Waals surface area (Å²) in [4.78, 5) is 12.0. The third-order valence-electron chi connectivity index (χ3n) is 3.53. The van der Waals surface area contributed by atoms with Gasteiger partial charge in [-0.05, 0) is 24.3 Å². The Morgan fingerprint density at radius 2 is 1.77 bits per heavy atom.